The Balaban J connectivity index is 1.56. The minimum Gasteiger partial charge on any atom is -0.359 e. The molecule has 0 bridgehead atoms. The van der Waals surface area contributed by atoms with Gasteiger partial charge in [-0.05, 0) is 53.6 Å². The normalized spacial score (nSPS) is 27.4. The van der Waals surface area contributed by atoms with Crippen LogP contribution in [0.25, 0.3) is 0 Å². The molecular formula is C11H15BrN2O. The molecule has 0 aromatic carbocycles. The minimum atomic E-state index is 0.801. The van der Waals surface area contributed by atoms with Gasteiger partial charge in [-0.15, -0.1) is 0 Å². The molecule has 1 aromatic heterocycles. The smallest absolute Gasteiger partial charge is 0.151 e. The Morgan fingerprint density at radius 2 is 2.27 bits per heavy atom. The van der Waals surface area contributed by atoms with Crippen molar-refractivity contribution in [3.8, 4) is 0 Å². The fraction of sp³-hybridized carbons (Fsp3) is 0.727. The molecule has 0 N–H and O–H groups in total. The molecule has 0 radical (unpaired) electrons. The van der Waals surface area contributed by atoms with Crippen LogP contribution in [0.3, 0.4) is 0 Å². The van der Waals surface area contributed by atoms with Crippen LogP contribution < -0.4 is 0 Å². The number of hydrogen-bond acceptors (Lipinski definition) is 3. The maximum Gasteiger partial charge on any atom is 0.151 e. The molecule has 2 fully saturated rings. The summed E-state index contributed by atoms with van der Waals surface area (Å²) in [5, 5.41) is 3.84. The topological polar surface area (TPSA) is 29.3 Å². The Labute approximate surface area is 97.9 Å². The summed E-state index contributed by atoms with van der Waals surface area (Å²) in [5.74, 6) is 2.96. The van der Waals surface area contributed by atoms with Gasteiger partial charge in [-0.1, -0.05) is 5.16 Å². The SMILES string of the molecule is Brc1cc(CN2CCC(C3CC3)C2)on1. The molecule has 2 heterocycles. The molecule has 1 unspecified atom stereocenters. The van der Waals surface area contributed by atoms with Crippen LogP contribution in [0.2, 0.25) is 0 Å². The Morgan fingerprint density at radius 3 is 2.93 bits per heavy atom. The summed E-state index contributed by atoms with van der Waals surface area (Å²) in [4.78, 5) is 2.48. The molecule has 0 spiro atoms. The molecule has 4 heteroatoms. The second kappa shape index (κ2) is 3.91. The van der Waals surface area contributed by atoms with Gasteiger partial charge in [0.2, 0.25) is 0 Å². The quantitative estimate of drug-likeness (QED) is 0.846. The maximum atomic E-state index is 5.20. The fourth-order valence-electron chi connectivity index (χ4n) is 2.54. The van der Waals surface area contributed by atoms with Crippen LogP contribution in [0.5, 0.6) is 0 Å². The van der Waals surface area contributed by atoms with Crippen LogP contribution in [0.1, 0.15) is 25.0 Å². The average molecular weight is 271 g/mol. The van der Waals surface area contributed by atoms with E-state index in [1.54, 1.807) is 0 Å². The van der Waals surface area contributed by atoms with Gasteiger partial charge in [0.25, 0.3) is 0 Å². The summed E-state index contributed by atoms with van der Waals surface area (Å²) in [6.45, 7) is 3.39. The summed E-state index contributed by atoms with van der Waals surface area (Å²) in [7, 11) is 0. The molecular weight excluding hydrogens is 256 g/mol. The first-order valence-electron chi connectivity index (χ1n) is 5.65. The molecule has 82 valence electrons. The molecule has 15 heavy (non-hydrogen) atoms. The van der Waals surface area contributed by atoms with E-state index < -0.39 is 0 Å². The lowest BCUT2D eigenvalue weighted by Crippen LogP contribution is -2.20. The van der Waals surface area contributed by atoms with Gasteiger partial charge in [0.05, 0.1) is 6.54 Å². The summed E-state index contributed by atoms with van der Waals surface area (Å²) in [6, 6.07) is 1.96. The van der Waals surface area contributed by atoms with Crippen LogP contribution in [0.15, 0.2) is 15.2 Å². The van der Waals surface area contributed by atoms with Crippen molar-refractivity contribution in [3.05, 3.63) is 16.4 Å². The van der Waals surface area contributed by atoms with E-state index in [-0.39, 0.29) is 0 Å². The van der Waals surface area contributed by atoms with Crippen molar-refractivity contribution < 1.29 is 4.52 Å². The van der Waals surface area contributed by atoms with Crippen molar-refractivity contribution in [2.75, 3.05) is 13.1 Å². The third kappa shape index (κ3) is 2.26. The van der Waals surface area contributed by atoms with Crippen molar-refractivity contribution in [1.29, 1.82) is 0 Å². The van der Waals surface area contributed by atoms with E-state index in [1.165, 1.54) is 32.4 Å². The number of hydrogen-bond donors (Lipinski definition) is 0. The molecule has 1 atom stereocenters. The highest BCUT2D eigenvalue weighted by Crippen LogP contribution is 2.41. The highest BCUT2D eigenvalue weighted by atomic mass is 79.9. The van der Waals surface area contributed by atoms with Crippen molar-refractivity contribution in [2.45, 2.75) is 25.8 Å². The van der Waals surface area contributed by atoms with E-state index in [1.807, 2.05) is 6.07 Å². The van der Waals surface area contributed by atoms with E-state index in [4.69, 9.17) is 4.52 Å². The lowest BCUT2D eigenvalue weighted by molar-refractivity contribution is 0.262. The van der Waals surface area contributed by atoms with Gasteiger partial charge in [-0.3, -0.25) is 4.90 Å². The number of halogens is 1. The van der Waals surface area contributed by atoms with E-state index in [0.717, 1.165) is 28.7 Å². The fourth-order valence-corrected chi connectivity index (χ4v) is 2.87. The Bertz CT molecular complexity index is 348. The highest BCUT2D eigenvalue weighted by Gasteiger charge is 2.35. The van der Waals surface area contributed by atoms with Gasteiger partial charge in [-0.25, -0.2) is 0 Å². The van der Waals surface area contributed by atoms with E-state index >= 15 is 0 Å². The lowest BCUT2D eigenvalue weighted by Gasteiger charge is -2.13. The first kappa shape index (κ1) is 9.85. The van der Waals surface area contributed by atoms with Crippen LogP contribution in [-0.4, -0.2) is 23.1 Å². The summed E-state index contributed by atoms with van der Waals surface area (Å²) in [6.07, 6.45) is 4.30. The number of rotatable bonds is 3. The summed E-state index contributed by atoms with van der Waals surface area (Å²) >= 11 is 3.30. The standard InChI is InChI=1S/C11H15BrN2O/c12-11-5-10(15-13-11)7-14-4-3-9(6-14)8-1-2-8/h5,8-9H,1-4,6-7H2. The molecule has 1 aliphatic heterocycles. The van der Waals surface area contributed by atoms with Gasteiger partial charge in [0.1, 0.15) is 4.60 Å². The molecule has 1 saturated heterocycles. The van der Waals surface area contributed by atoms with E-state index in [2.05, 4.69) is 26.0 Å². The number of aromatic nitrogens is 1. The van der Waals surface area contributed by atoms with Crippen molar-refractivity contribution in [1.82, 2.24) is 10.1 Å². The molecule has 2 aliphatic rings. The third-order valence-electron chi connectivity index (χ3n) is 3.51. The van der Waals surface area contributed by atoms with Crippen molar-refractivity contribution >= 4 is 15.9 Å². The van der Waals surface area contributed by atoms with Gasteiger partial charge in [-0.2, -0.15) is 0 Å². The average Bonchev–Trinajstić information content (AvgIpc) is 2.84. The molecule has 1 aliphatic carbocycles. The van der Waals surface area contributed by atoms with Crippen LogP contribution in [0, 0.1) is 11.8 Å². The summed E-state index contributed by atoms with van der Waals surface area (Å²) in [5.41, 5.74) is 0. The largest absolute Gasteiger partial charge is 0.359 e. The zero-order valence-electron chi connectivity index (χ0n) is 8.66. The number of likely N-dealkylation sites (tertiary alicyclic amines) is 1. The lowest BCUT2D eigenvalue weighted by atomic mass is 10.0. The Hall–Kier alpha value is -0.350. The molecule has 0 amide bonds. The molecule has 1 saturated carbocycles. The molecule has 1 aromatic rings. The van der Waals surface area contributed by atoms with Crippen molar-refractivity contribution in [3.63, 3.8) is 0 Å². The Kier molecular flexibility index (Phi) is 2.56. The van der Waals surface area contributed by atoms with Crippen molar-refractivity contribution in [2.24, 2.45) is 11.8 Å². The van der Waals surface area contributed by atoms with E-state index in [0.29, 0.717) is 0 Å². The number of nitrogens with zero attached hydrogens (tertiary/aromatic N) is 2. The first-order valence-corrected chi connectivity index (χ1v) is 6.44. The zero-order chi connectivity index (χ0) is 10.3. The predicted molar refractivity (Wildman–Crippen MR) is 60.3 cm³/mol. The highest BCUT2D eigenvalue weighted by molar-refractivity contribution is 9.10. The monoisotopic (exact) mass is 270 g/mol. The van der Waals surface area contributed by atoms with Crippen LogP contribution in [0.4, 0.5) is 0 Å². The van der Waals surface area contributed by atoms with Gasteiger partial charge in [0.15, 0.2) is 5.76 Å². The summed E-state index contributed by atoms with van der Waals surface area (Å²) < 4.78 is 6.00. The second-order valence-electron chi connectivity index (χ2n) is 4.74. The Morgan fingerprint density at radius 1 is 1.40 bits per heavy atom. The predicted octanol–water partition coefficient (Wildman–Crippen LogP) is 2.67. The second-order valence-corrected chi connectivity index (χ2v) is 5.55. The first-order chi connectivity index (χ1) is 7.31. The van der Waals surface area contributed by atoms with Crippen LogP contribution in [-0.2, 0) is 6.54 Å². The van der Waals surface area contributed by atoms with E-state index in [9.17, 15) is 0 Å². The minimum absolute atomic E-state index is 0.801. The van der Waals surface area contributed by atoms with Gasteiger partial charge < -0.3 is 4.52 Å². The van der Waals surface area contributed by atoms with Crippen LogP contribution >= 0.6 is 15.9 Å². The molecule has 3 nitrogen and oxygen atoms in total. The van der Waals surface area contributed by atoms with Gasteiger partial charge >= 0.3 is 0 Å². The molecule has 3 rings (SSSR count). The van der Waals surface area contributed by atoms with Gasteiger partial charge in [0, 0.05) is 12.6 Å². The maximum absolute atomic E-state index is 5.20. The zero-order valence-corrected chi connectivity index (χ0v) is 10.2. The third-order valence-corrected chi connectivity index (χ3v) is 3.88.